The Bertz CT molecular complexity index is 1210. The van der Waals surface area contributed by atoms with Crippen LogP contribution >= 0.6 is 11.3 Å². The lowest BCUT2D eigenvalue weighted by molar-refractivity contribution is -0.871. The molecule has 35 heavy (non-hydrogen) atoms. The van der Waals surface area contributed by atoms with Crippen LogP contribution in [0.4, 0.5) is 13.2 Å². The number of quaternary nitrogens is 1. The molecule has 13 heteroatoms. The Morgan fingerprint density at radius 3 is 2.26 bits per heavy atom. The van der Waals surface area contributed by atoms with Crippen molar-refractivity contribution in [2.75, 3.05) is 27.7 Å². The maximum absolute atomic E-state index is 12.7. The van der Waals surface area contributed by atoms with Gasteiger partial charge in [0.15, 0.2) is 0 Å². The molecule has 0 saturated carbocycles. The highest BCUT2D eigenvalue weighted by Crippen LogP contribution is 2.22. The van der Waals surface area contributed by atoms with Gasteiger partial charge in [-0.1, -0.05) is 24.0 Å². The molecule has 1 heterocycles. The molecule has 1 unspecified atom stereocenters. The lowest BCUT2D eigenvalue weighted by Crippen LogP contribution is -2.49. The lowest BCUT2D eigenvalue weighted by atomic mass is 10.1. The Morgan fingerprint density at radius 2 is 1.77 bits per heavy atom. The minimum absolute atomic E-state index is 0.123. The van der Waals surface area contributed by atoms with Gasteiger partial charge < -0.3 is 19.5 Å². The van der Waals surface area contributed by atoms with Crippen LogP contribution in [-0.4, -0.2) is 69.9 Å². The third-order valence-electron chi connectivity index (χ3n) is 3.94. The van der Waals surface area contributed by atoms with E-state index in [9.17, 15) is 26.4 Å². The minimum Gasteiger partial charge on any atom is -0.542 e. The van der Waals surface area contributed by atoms with Gasteiger partial charge in [-0.3, -0.25) is 4.79 Å². The number of sulfonamides is 1. The first-order valence-corrected chi connectivity index (χ1v) is 12.2. The number of alkyl halides is 3. The molecule has 0 bridgehead atoms. The Labute approximate surface area is 205 Å². The van der Waals surface area contributed by atoms with Crippen molar-refractivity contribution >= 4 is 33.3 Å². The second-order valence-electron chi connectivity index (χ2n) is 8.41. The molecule has 0 aliphatic heterocycles. The summed E-state index contributed by atoms with van der Waals surface area (Å²) in [6.45, 7) is 2.34. The summed E-state index contributed by atoms with van der Waals surface area (Å²) < 4.78 is 60.0. The third kappa shape index (κ3) is 11.9. The predicted octanol–water partition coefficient (Wildman–Crippen LogP) is 1.58. The normalized spacial score (nSPS) is 12.5. The fourth-order valence-electron chi connectivity index (χ4n) is 2.68. The van der Waals surface area contributed by atoms with Crippen LogP contribution in [0.5, 0.6) is 0 Å². The van der Waals surface area contributed by atoms with Crippen LogP contribution in [0.25, 0.3) is 0 Å². The number of hydrogen-bond donors (Lipinski definition) is 2. The summed E-state index contributed by atoms with van der Waals surface area (Å²) >= 11 is 1.07. The molecule has 192 valence electrons. The fourth-order valence-corrected chi connectivity index (χ4v) is 5.08. The van der Waals surface area contributed by atoms with Crippen LogP contribution in [-0.2, 0) is 19.6 Å². The highest BCUT2D eigenvalue weighted by atomic mass is 32.2. The van der Waals surface area contributed by atoms with Crippen LogP contribution in [0.15, 0.2) is 40.6 Å². The van der Waals surface area contributed by atoms with Gasteiger partial charge in [-0.25, -0.2) is 13.1 Å². The standard InChI is InChI=1S/C20H24N2O4S2.C2HF3O2/c1-15-6-5-7-16(12-15)8-9-18-10-11-20(27-18)28(25,26)21-17(13-19(23)24)14-22(2,3)4;3-2(4,5)1(6)7/h5-7,10-12,17,21H,13-14H2,1-4H3;(H,6,7). The third-order valence-corrected chi connectivity index (χ3v) is 6.95. The zero-order valence-corrected chi connectivity index (χ0v) is 21.0. The number of carbonyl (C=O) groups is 2. The van der Waals surface area contributed by atoms with Crippen LogP contribution in [0, 0.1) is 18.8 Å². The molecule has 0 saturated heterocycles. The number of likely N-dealkylation sites (N-methyl/N-ethyl adjacent to an activating group) is 1. The average molecular weight is 535 g/mol. The first kappa shape index (κ1) is 30.1. The number of halogens is 3. The van der Waals surface area contributed by atoms with Crippen molar-refractivity contribution in [3.63, 3.8) is 0 Å². The molecule has 0 aliphatic rings. The predicted molar refractivity (Wildman–Crippen MR) is 122 cm³/mol. The van der Waals surface area contributed by atoms with E-state index in [4.69, 9.17) is 15.0 Å². The molecule has 0 aliphatic carbocycles. The van der Waals surface area contributed by atoms with Gasteiger partial charge in [-0.05, 0) is 36.8 Å². The van der Waals surface area contributed by atoms with Gasteiger partial charge >= 0.3 is 12.1 Å². The monoisotopic (exact) mass is 534 g/mol. The first-order chi connectivity index (χ1) is 15.9. The zero-order chi connectivity index (χ0) is 27.0. The molecule has 0 amide bonds. The molecule has 8 nitrogen and oxygen atoms in total. The second kappa shape index (κ2) is 12.2. The maximum Gasteiger partial charge on any atom is 0.430 e. The molecule has 1 aromatic carbocycles. The van der Waals surface area contributed by atoms with Crippen molar-refractivity contribution in [1.29, 1.82) is 0 Å². The number of rotatable bonds is 7. The summed E-state index contributed by atoms with van der Waals surface area (Å²) in [6, 6.07) is 10.2. The van der Waals surface area contributed by atoms with E-state index in [1.807, 2.05) is 52.3 Å². The minimum atomic E-state index is -5.19. The van der Waals surface area contributed by atoms with Crippen LogP contribution in [0.3, 0.4) is 0 Å². The summed E-state index contributed by atoms with van der Waals surface area (Å²) in [5, 5.41) is 17.9. The smallest absolute Gasteiger partial charge is 0.430 e. The molecule has 2 rings (SSSR count). The van der Waals surface area contributed by atoms with E-state index in [1.165, 1.54) is 6.07 Å². The SMILES string of the molecule is Cc1cccc(C#Cc2ccc(S(=O)(=O)NC(CC(=O)O)C[N+](C)(C)C)s2)c1.O=C([O-])C(F)(F)F. The number of nitrogens with one attached hydrogen (secondary N) is 1. The average Bonchev–Trinajstić information content (AvgIpc) is 3.14. The van der Waals surface area contributed by atoms with Gasteiger partial charge in [-0.15, -0.1) is 11.3 Å². The molecular weight excluding hydrogens is 509 g/mol. The number of benzene rings is 1. The molecule has 2 aromatic rings. The number of nitrogens with zero attached hydrogens (tertiary/aromatic N) is 1. The molecule has 0 fully saturated rings. The van der Waals surface area contributed by atoms with E-state index in [-0.39, 0.29) is 10.6 Å². The topological polar surface area (TPSA) is 124 Å². The Morgan fingerprint density at radius 1 is 1.17 bits per heavy atom. The highest BCUT2D eigenvalue weighted by molar-refractivity contribution is 7.91. The molecule has 0 spiro atoms. The van der Waals surface area contributed by atoms with Crippen LogP contribution in [0.1, 0.15) is 22.4 Å². The van der Waals surface area contributed by atoms with Gasteiger partial charge in [0.25, 0.3) is 10.0 Å². The van der Waals surface area contributed by atoms with Crippen molar-refractivity contribution in [2.45, 2.75) is 29.8 Å². The van der Waals surface area contributed by atoms with Crippen LogP contribution in [0.2, 0.25) is 0 Å². The highest BCUT2D eigenvalue weighted by Gasteiger charge is 2.29. The van der Waals surface area contributed by atoms with Crippen molar-refractivity contribution in [1.82, 2.24) is 4.72 Å². The summed E-state index contributed by atoms with van der Waals surface area (Å²) in [4.78, 5) is 20.5. The summed E-state index contributed by atoms with van der Waals surface area (Å²) in [5.74, 6) is 1.96. The fraction of sp³-hybridized carbons (Fsp3) is 0.364. The molecule has 1 atom stereocenters. The van der Waals surface area contributed by atoms with Crippen molar-refractivity contribution in [3.8, 4) is 11.8 Å². The van der Waals surface area contributed by atoms with E-state index >= 15 is 0 Å². The molecular formula is C22H25F3N2O6S2. The van der Waals surface area contributed by atoms with Crippen molar-refractivity contribution in [2.24, 2.45) is 0 Å². The number of thiophene rings is 1. The number of carboxylic acid groups (broad SMARTS) is 2. The Kier molecular flexibility index (Phi) is 10.5. The summed E-state index contributed by atoms with van der Waals surface area (Å²) in [5.41, 5.74) is 1.97. The van der Waals surface area contributed by atoms with Gasteiger partial charge in [-0.2, -0.15) is 13.2 Å². The quantitative estimate of drug-likeness (QED) is 0.411. The Balaban J connectivity index is 0.000000762. The van der Waals surface area contributed by atoms with Crippen molar-refractivity contribution < 1.29 is 45.9 Å². The Hall–Kier alpha value is -2.92. The number of aryl methyl sites for hydroxylation is 1. The lowest BCUT2D eigenvalue weighted by Gasteiger charge is -2.28. The van der Waals surface area contributed by atoms with Gasteiger partial charge in [0.1, 0.15) is 10.2 Å². The summed E-state index contributed by atoms with van der Waals surface area (Å²) in [7, 11) is 1.83. The van der Waals surface area contributed by atoms with E-state index < -0.39 is 34.2 Å². The van der Waals surface area contributed by atoms with Gasteiger partial charge in [0.05, 0.1) is 45.0 Å². The summed E-state index contributed by atoms with van der Waals surface area (Å²) in [6.07, 6.45) is -5.47. The van der Waals surface area contributed by atoms with E-state index in [1.54, 1.807) is 6.07 Å². The van der Waals surface area contributed by atoms with E-state index in [0.29, 0.717) is 15.9 Å². The van der Waals surface area contributed by atoms with E-state index in [2.05, 4.69) is 16.6 Å². The largest absolute Gasteiger partial charge is 0.542 e. The maximum atomic E-state index is 12.7. The number of carboxylic acids is 2. The van der Waals surface area contributed by atoms with Gasteiger partial charge in [0.2, 0.25) is 0 Å². The molecule has 0 radical (unpaired) electrons. The number of carbonyl (C=O) groups excluding carboxylic acids is 1. The van der Waals surface area contributed by atoms with Crippen LogP contribution < -0.4 is 9.83 Å². The molecule has 1 aromatic heterocycles. The second-order valence-corrected chi connectivity index (χ2v) is 11.4. The van der Waals surface area contributed by atoms with E-state index in [0.717, 1.165) is 22.5 Å². The van der Waals surface area contributed by atoms with Gasteiger partial charge in [0, 0.05) is 5.56 Å². The zero-order valence-electron chi connectivity index (χ0n) is 19.3. The first-order valence-electron chi connectivity index (χ1n) is 9.90. The van der Waals surface area contributed by atoms with Crippen molar-refractivity contribution in [3.05, 3.63) is 52.4 Å². The molecule has 2 N–H and O–H groups in total. The number of aliphatic carboxylic acids is 2. The number of hydrogen-bond acceptors (Lipinski definition) is 6.